The minimum absolute atomic E-state index is 0.0684. The van der Waals surface area contributed by atoms with E-state index in [9.17, 15) is 4.79 Å². The number of nitrogens with two attached hydrogens (primary N) is 1. The van der Waals surface area contributed by atoms with Crippen molar-refractivity contribution in [2.75, 3.05) is 19.6 Å². The molecule has 1 aromatic heterocycles. The van der Waals surface area contributed by atoms with Gasteiger partial charge >= 0.3 is 0 Å². The van der Waals surface area contributed by atoms with Gasteiger partial charge in [-0.05, 0) is 57.0 Å². The lowest BCUT2D eigenvalue weighted by Crippen LogP contribution is -2.29. The van der Waals surface area contributed by atoms with E-state index in [0.717, 1.165) is 36.6 Å². The van der Waals surface area contributed by atoms with Crippen molar-refractivity contribution < 1.29 is 4.79 Å². The Hall–Kier alpha value is -1.85. The normalized spacial score (nSPS) is 17.7. The van der Waals surface area contributed by atoms with Crippen LogP contribution >= 0.6 is 11.6 Å². The fraction of sp³-hybridized carbons (Fsp3) is 0.412. The minimum atomic E-state index is 0.0684. The average Bonchev–Trinajstić information content (AvgIpc) is 3.15. The van der Waals surface area contributed by atoms with Gasteiger partial charge in [0, 0.05) is 18.7 Å². The summed E-state index contributed by atoms with van der Waals surface area (Å²) in [4.78, 5) is 14.4. The van der Waals surface area contributed by atoms with Gasteiger partial charge in [0.05, 0.1) is 22.1 Å². The van der Waals surface area contributed by atoms with Crippen LogP contribution in [0.5, 0.6) is 0 Å². The lowest BCUT2D eigenvalue weighted by atomic mass is 10.1. The molecular formula is C17H21ClN4O. The summed E-state index contributed by atoms with van der Waals surface area (Å²) >= 11 is 6.19. The summed E-state index contributed by atoms with van der Waals surface area (Å²) in [5.41, 5.74) is 8.98. The lowest BCUT2D eigenvalue weighted by molar-refractivity contribution is 0.0787. The van der Waals surface area contributed by atoms with Crippen molar-refractivity contribution in [3.63, 3.8) is 0 Å². The molecule has 23 heavy (non-hydrogen) atoms. The van der Waals surface area contributed by atoms with E-state index in [1.165, 1.54) is 0 Å². The van der Waals surface area contributed by atoms with Crippen LogP contribution < -0.4 is 5.73 Å². The summed E-state index contributed by atoms with van der Waals surface area (Å²) < 4.78 is 1.80. The van der Waals surface area contributed by atoms with Crippen LogP contribution in [0.2, 0.25) is 5.02 Å². The monoisotopic (exact) mass is 332 g/mol. The van der Waals surface area contributed by atoms with Crippen LogP contribution in [0, 0.1) is 19.8 Å². The molecule has 0 saturated carbocycles. The first-order chi connectivity index (χ1) is 11.0. The molecule has 2 heterocycles. The van der Waals surface area contributed by atoms with Crippen molar-refractivity contribution in [1.29, 1.82) is 0 Å². The third-order valence-corrected chi connectivity index (χ3v) is 5.02. The van der Waals surface area contributed by atoms with Crippen LogP contribution in [-0.2, 0) is 0 Å². The van der Waals surface area contributed by atoms with Gasteiger partial charge < -0.3 is 10.6 Å². The maximum Gasteiger partial charge on any atom is 0.253 e. The van der Waals surface area contributed by atoms with Gasteiger partial charge in [-0.15, -0.1) is 0 Å². The number of likely N-dealkylation sites (tertiary alicyclic amines) is 1. The van der Waals surface area contributed by atoms with Crippen molar-refractivity contribution >= 4 is 17.5 Å². The molecule has 2 N–H and O–H groups in total. The SMILES string of the molecule is Cc1nn(-c2ccc(C(=O)N3CCC(CN)C3)cc2)c(C)c1Cl. The van der Waals surface area contributed by atoms with Gasteiger partial charge in [-0.3, -0.25) is 4.79 Å². The number of carbonyl (C=O) groups is 1. The van der Waals surface area contributed by atoms with E-state index in [0.29, 0.717) is 23.0 Å². The third kappa shape index (κ3) is 2.99. The van der Waals surface area contributed by atoms with Crippen LogP contribution in [0.4, 0.5) is 0 Å². The van der Waals surface area contributed by atoms with E-state index < -0.39 is 0 Å². The van der Waals surface area contributed by atoms with E-state index >= 15 is 0 Å². The highest BCUT2D eigenvalue weighted by Gasteiger charge is 2.26. The Morgan fingerprint density at radius 2 is 2.04 bits per heavy atom. The average molecular weight is 333 g/mol. The second kappa shape index (κ2) is 6.34. The largest absolute Gasteiger partial charge is 0.338 e. The molecule has 5 nitrogen and oxygen atoms in total. The van der Waals surface area contributed by atoms with E-state index in [1.807, 2.05) is 43.0 Å². The molecule has 122 valence electrons. The first kappa shape index (κ1) is 16.0. The minimum Gasteiger partial charge on any atom is -0.338 e. The number of aromatic nitrogens is 2. The zero-order chi connectivity index (χ0) is 16.6. The Morgan fingerprint density at radius 1 is 1.35 bits per heavy atom. The van der Waals surface area contributed by atoms with Gasteiger partial charge in [0.25, 0.3) is 5.91 Å². The molecule has 1 unspecified atom stereocenters. The van der Waals surface area contributed by atoms with Crippen LogP contribution in [-0.4, -0.2) is 40.2 Å². The topological polar surface area (TPSA) is 64.2 Å². The van der Waals surface area contributed by atoms with Crippen molar-refractivity contribution in [3.8, 4) is 5.69 Å². The fourth-order valence-corrected chi connectivity index (χ4v) is 3.13. The predicted octanol–water partition coefficient (Wildman–Crippen LogP) is 2.56. The highest BCUT2D eigenvalue weighted by molar-refractivity contribution is 6.31. The van der Waals surface area contributed by atoms with E-state index in [2.05, 4.69) is 5.10 Å². The lowest BCUT2D eigenvalue weighted by Gasteiger charge is -2.16. The number of hydrogen-bond acceptors (Lipinski definition) is 3. The maximum atomic E-state index is 12.5. The Balaban J connectivity index is 1.79. The Kier molecular flexibility index (Phi) is 4.41. The summed E-state index contributed by atoms with van der Waals surface area (Å²) in [5, 5.41) is 5.10. The number of carbonyl (C=O) groups excluding carboxylic acids is 1. The Morgan fingerprint density at radius 3 is 2.57 bits per heavy atom. The molecule has 1 amide bonds. The zero-order valence-corrected chi connectivity index (χ0v) is 14.2. The molecular weight excluding hydrogens is 312 g/mol. The number of benzene rings is 1. The molecule has 0 aliphatic carbocycles. The van der Waals surface area contributed by atoms with Gasteiger partial charge in [-0.1, -0.05) is 11.6 Å². The molecule has 0 radical (unpaired) electrons. The molecule has 3 rings (SSSR count). The summed E-state index contributed by atoms with van der Waals surface area (Å²) in [6.45, 7) is 5.99. The quantitative estimate of drug-likeness (QED) is 0.939. The molecule has 2 aromatic rings. The predicted molar refractivity (Wildman–Crippen MR) is 91.1 cm³/mol. The van der Waals surface area contributed by atoms with Gasteiger partial charge in [0.15, 0.2) is 0 Å². The van der Waals surface area contributed by atoms with Crippen molar-refractivity contribution in [1.82, 2.24) is 14.7 Å². The number of rotatable bonds is 3. The van der Waals surface area contributed by atoms with Crippen molar-refractivity contribution in [3.05, 3.63) is 46.2 Å². The molecule has 1 aliphatic heterocycles. The summed E-state index contributed by atoms with van der Waals surface area (Å²) in [6, 6.07) is 7.49. The number of halogens is 1. The number of nitrogens with zero attached hydrogens (tertiary/aromatic N) is 3. The zero-order valence-electron chi connectivity index (χ0n) is 13.4. The van der Waals surface area contributed by atoms with Gasteiger partial charge in [0.2, 0.25) is 0 Å². The van der Waals surface area contributed by atoms with Gasteiger partial charge in [-0.25, -0.2) is 4.68 Å². The van der Waals surface area contributed by atoms with Gasteiger partial charge in [0.1, 0.15) is 0 Å². The number of hydrogen-bond donors (Lipinski definition) is 1. The molecule has 1 atom stereocenters. The second-order valence-electron chi connectivity index (χ2n) is 6.09. The van der Waals surface area contributed by atoms with E-state index in [1.54, 1.807) is 4.68 Å². The van der Waals surface area contributed by atoms with Crippen LogP contribution in [0.15, 0.2) is 24.3 Å². The smallest absolute Gasteiger partial charge is 0.253 e. The van der Waals surface area contributed by atoms with Crippen LogP contribution in [0.25, 0.3) is 5.69 Å². The Labute approximate surface area is 141 Å². The molecule has 1 aromatic carbocycles. The van der Waals surface area contributed by atoms with Crippen molar-refractivity contribution in [2.45, 2.75) is 20.3 Å². The van der Waals surface area contributed by atoms with Crippen molar-refractivity contribution in [2.24, 2.45) is 11.7 Å². The summed E-state index contributed by atoms with van der Waals surface area (Å²) in [7, 11) is 0. The first-order valence-electron chi connectivity index (χ1n) is 7.82. The van der Waals surface area contributed by atoms with E-state index in [-0.39, 0.29) is 5.91 Å². The molecule has 1 fully saturated rings. The number of aryl methyl sites for hydroxylation is 1. The molecule has 1 saturated heterocycles. The summed E-state index contributed by atoms with van der Waals surface area (Å²) in [6.07, 6.45) is 0.991. The second-order valence-corrected chi connectivity index (χ2v) is 6.46. The fourth-order valence-electron chi connectivity index (χ4n) is 3.01. The standard InChI is InChI=1S/C17H21ClN4O/c1-11-16(18)12(2)22(20-11)15-5-3-14(4-6-15)17(23)21-8-7-13(9-19)10-21/h3-6,13H,7-10,19H2,1-2H3. The third-order valence-electron chi connectivity index (χ3n) is 4.47. The van der Waals surface area contributed by atoms with Crippen LogP contribution in [0.1, 0.15) is 28.2 Å². The summed E-state index contributed by atoms with van der Waals surface area (Å²) in [5.74, 6) is 0.494. The highest BCUT2D eigenvalue weighted by Crippen LogP contribution is 2.23. The van der Waals surface area contributed by atoms with Gasteiger partial charge in [-0.2, -0.15) is 5.10 Å². The first-order valence-corrected chi connectivity index (χ1v) is 8.20. The molecule has 6 heteroatoms. The molecule has 0 spiro atoms. The van der Waals surface area contributed by atoms with Crippen LogP contribution in [0.3, 0.4) is 0 Å². The van der Waals surface area contributed by atoms with E-state index in [4.69, 9.17) is 17.3 Å². The molecule has 1 aliphatic rings. The maximum absolute atomic E-state index is 12.5. The Bertz CT molecular complexity index is 723. The molecule has 0 bridgehead atoms. The highest BCUT2D eigenvalue weighted by atomic mass is 35.5. The number of amides is 1.